The zero-order valence-electron chi connectivity index (χ0n) is 10.1. The lowest BCUT2D eigenvalue weighted by Crippen LogP contribution is -2.54. The third kappa shape index (κ3) is 2.10. The lowest BCUT2D eigenvalue weighted by Gasteiger charge is -2.24. The number of hydrogen-bond donors (Lipinski definition) is 0. The van der Waals surface area contributed by atoms with Gasteiger partial charge in [-0.3, -0.25) is 4.98 Å². The first-order chi connectivity index (χ1) is 8.25. The molecule has 1 aromatic carbocycles. The largest absolute Gasteiger partial charge is 0.536 e. The molecule has 0 unspecified atom stereocenters. The highest BCUT2D eigenvalue weighted by molar-refractivity contribution is 6.75. The Balaban J connectivity index is 2.55. The van der Waals surface area contributed by atoms with E-state index in [1.165, 1.54) is 0 Å². The summed E-state index contributed by atoms with van der Waals surface area (Å²) in [5.74, 6) is 0. The van der Waals surface area contributed by atoms with Crippen LogP contribution in [0.2, 0.25) is 0 Å². The van der Waals surface area contributed by atoms with Gasteiger partial charge in [0.15, 0.2) is 0 Å². The monoisotopic (exact) mass is 249 g/mol. The van der Waals surface area contributed by atoms with E-state index in [4.69, 9.17) is 13.3 Å². The van der Waals surface area contributed by atoms with Crippen LogP contribution in [0.15, 0.2) is 36.5 Å². The van der Waals surface area contributed by atoms with Crippen LogP contribution in [0.1, 0.15) is 0 Å². The molecular weight excluding hydrogens is 234 g/mol. The van der Waals surface area contributed by atoms with Crippen LogP contribution in [0.3, 0.4) is 0 Å². The van der Waals surface area contributed by atoms with Gasteiger partial charge in [-0.2, -0.15) is 0 Å². The van der Waals surface area contributed by atoms with Gasteiger partial charge >= 0.3 is 8.80 Å². The van der Waals surface area contributed by atoms with E-state index in [0.29, 0.717) is 0 Å². The normalized spacial score (nSPS) is 11.9. The molecule has 0 aliphatic heterocycles. The number of hydrogen-bond acceptors (Lipinski definition) is 4. The minimum absolute atomic E-state index is 0.936. The second kappa shape index (κ2) is 4.93. The molecule has 0 atom stereocenters. The molecule has 5 heteroatoms. The van der Waals surface area contributed by atoms with Crippen molar-refractivity contribution in [3.05, 3.63) is 36.5 Å². The van der Waals surface area contributed by atoms with E-state index in [-0.39, 0.29) is 0 Å². The third-order valence-corrected chi connectivity index (χ3v) is 5.39. The number of rotatable bonds is 4. The molecule has 2 aromatic rings. The van der Waals surface area contributed by atoms with Gasteiger partial charge in [0.2, 0.25) is 0 Å². The fourth-order valence-corrected chi connectivity index (χ4v) is 3.70. The maximum atomic E-state index is 5.45. The minimum Gasteiger partial charge on any atom is -0.373 e. The molecule has 0 aliphatic rings. The highest BCUT2D eigenvalue weighted by Gasteiger charge is 2.40. The molecule has 0 radical (unpaired) electrons. The quantitative estimate of drug-likeness (QED) is 0.766. The minimum atomic E-state index is -2.74. The number of aromatic nitrogens is 1. The van der Waals surface area contributed by atoms with Crippen LogP contribution in [-0.4, -0.2) is 35.1 Å². The average molecular weight is 249 g/mol. The van der Waals surface area contributed by atoms with E-state index < -0.39 is 8.80 Å². The Hall–Kier alpha value is -1.27. The van der Waals surface area contributed by atoms with Crippen molar-refractivity contribution < 1.29 is 13.3 Å². The number of benzene rings is 1. The van der Waals surface area contributed by atoms with Crippen molar-refractivity contribution in [1.82, 2.24) is 4.98 Å². The summed E-state index contributed by atoms with van der Waals surface area (Å²) < 4.78 is 16.3. The summed E-state index contributed by atoms with van der Waals surface area (Å²) in [4.78, 5) is 4.27. The summed E-state index contributed by atoms with van der Waals surface area (Å²) in [6.45, 7) is 0. The Morgan fingerprint density at radius 3 is 2.35 bits per heavy atom. The molecule has 0 spiro atoms. The van der Waals surface area contributed by atoms with Gasteiger partial charge in [0, 0.05) is 38.1 Å². The Morgan fingerprint density at radius 2 is 1.71 bits per heavy atom. The molecule has 17 heavy (non-hydrogen) atoms. The number of nitrogens with zero attached hydrogens (tertiary/aromatic N) is 1. The molecule has 0 saturated heterocycles. The van der Waals surface area contributed by atoms with Gasteiger partial charge in [0.05, 0.1) is 5.52 Å². The van der Waals surface area contributed by atoms with Crippen molar-refractivity contribution >= 4 is 24.9 Å². The van der Waals surface area contributed by atoms with E-state index >= 15 is 0 Å². The predicted molar refractivity (Wildman–Crippen MR) is 68.2 cm³/mol. The predicted octanol–water partition coefficient (Wildman–Crippen LogP) is 1.32. The lowest BCUT2D eigenvalue weighted by molar-refractivity contribution is 0.140. The Bertz CT molecular complexity index is 506. The second-order valence-electron chi connectivity index (χ2n) is 3.58. The standard InChI is InChI=1S/C12H15NO3Si/c1-14-17(15-2,16-3)11-6-7-12-10(9-11)5-4-8-13-12/h4-9H,1-3H3. The summed E-state index contributed by atoms with van der Waals surface area (Å²) >= 11 is 0. The molecule has 1 aromatic heterocycles. The van der Waals surface area contributed by atoms with Gasteiger partial charge in [-0.05, 0) is 18.2 Å². The number of fused-ring (bicyclic) bond motifs is 1. The summed E-state index contributed by atoms with van der Waals surface area (Å²) in [5.41, 5.74) is 0.947. The third-order valence-electron chi connectivity index (χ3n) is 2.76. The first-order valence-corrected chi connectivity index (χ1v) is 6.99. The summed E-state index contributed by atoms with van der Waals surface area (Å²) in [6.07, 6.45) is 1.77. The highest BCUT2D eigenvalue weighted by Crippen LogP contribution is 2.13. The summed E-state index contributed by atoms with van der Waals surface area (Å²) in [5, 5.41) is 1.98. The van der Waals surface area contributed by atoms with Gasteiger partial charge in [-0.1, -0.05) is 12.1 Å². The van der Waals surface area contributed by atoms with Crippen LogP contribution in [0.4, 0.5) is 0 Å². The first kappa shape index (κ1) is 12.2. The molecule has 4 nitrogen and oxygen atoms in total. The van der Waals surface area contributed by atoms with Crippen molar-refractivity contribution in [2.45, 2.75) is 0 Å². The van der Waals surface area contributed by atoms with Gasteiger partial charge < -0.3 is 13.3 Å². The van der Waals surface area contributed by atoms with Crippen LogP contribution in [-0.2, 0) is 13.3 Å². The Morgan fingerprint density at radius 1 is 1.00 bits per heavy atom. The van der Waals surface area contributed by atoms with Gasteiger partial charge in [0.1, 0.15) is 0 Å². The molecule has 0 aliphatic carbocycles. The first-order valence-electron chi connectivity index (χ1n) is 5.26. The van der Waals surface area contributed by atoms with Crippen molar-refractivity contribution in [2.24, 2.45) is 0 Å². The van der Waals surface area contributed by atoms with Crippen molar-refractivity contribution in [1.29, 1.82) is 0 Å². The molecule has 0 saturated carbocycles. The molecule has 0 N–H and O–H groups in total. The molecule has 0 fully saturated rings. The Kier molecular flexibility index (Phi) is 3.53. The van der Waals surface area contributed by atoms with E-state index in [9.17, 15) is 0 Å². The van der Waals surface area contributed by atoms with Crippen molar-refractivity contribution in [2.75, 3.05) is 21.3 Å². The Labute approximate surface area is 102 Å². The molecule has 1 heterocycles. The molecular formula is C12H15NO3Si. The fraction of sp³-hybridized carbons (Fsp3) is 0.250. The van der Waals surface area contributed by atoms with Gasteiger partial charge in [-0.15, -0.1) is 0 Å². The van der Waals surface area contributed by atoms with E-state index in [2.05, 4.69) is 4.98 Å². The van der Waals surface area contributed by atoms with Crippen molar-refractivity contribution in [3.63, 3.8) is 0 Å². The second-order valence-corrected chi connectivity index (χ2v) is 6.49. The molecule has 0 bridgehead atoms. The van der Waals surface area contributed by atoms with E-state index in [0.717, 1.165) is 16.1 Å². The van der Waals surface area contributed by atoms with Gasteiger partial charge in [0.25, 0.3) is 0 Å². The van der Waals surface area contributed by atoms with Crippen LogP contribution < -0.4 is 5.19 Å². The SMILES string of the molecule is CO[Si](OC)(OC)c1ccc2ncccc2c1. The van der Waals surface area contributed by atoms with E-state index in [1.807, 2.05) is 30.3 Å². The maximum Gasteiger partial charge on any atom is 0.536 e. The highest BCUT2D eigenvalue weighted by atomic mass is 28.4. The number of pyridine rings is 1. The summed E-state index contributed by atoms with van der Waals surface area (Å²) in [7, 11) is 2.07. The topological polar surface area (TPSA) is 40.6 Å². The van der Waals surface area contributed by atoms with Crippen molar-refractivity contribution in [3.8, 4) is 0 Å². The zero-order chi connectivity index (χ0) is 12.3. The van der Waals surface area contributed by atoms with E-state index in [1.54, 1.807) is 27.5 Å². The fourth-order valence-electron chi connectivity index (χ4n) is 1.87. The van der Waals surface area contributed by atoms with Crippen LogP contribution in [0.5, 0.6) is 0 Å². The smallest absolute Gasteiger partial charge is 0.373 e. The van der Waals surface area contributed by atoms with Crippen LogP contribution >= 0.6 is 0 Å². The zero-order valence-corrected chi connectivity index (χ0v) is 11.1. The maximum absolute atomic E-state index is 5.45. The molecule has 2 rings (SSSR count). The lowest BCUT2D eigenvalue weighted by atomic mass is 10.2. The molecule has 90 valence electrons. The van der Waals surface area contributed by atoms with Crippen LogP contribution in [0.25, 0.3) is 10.9 Å². The van der Waals surface area contributed by atoms with Gasteiger partial charge in [-0.25, -0.2) is 0 Å². The average Bonchev–Trinajstić information content (AvgIpc) is 2.41. The van der Waals surface area contributed by atoms with Crippen LogP contribution in [0, 0.1) is 0 Å². The molecule has 0 amide bonds. The summed E-state index contributed by atoms with van der Waals surface area (Å²) in [6, 6.07) is 9.81.